The van der Waals surface area contributed by atoms with Gasteiger partial charge in [0.1, 0.15) is 17.2 Å². The van der Waals surface area contributed by atoms with Crippen molar-refractivity contribution >= 4 is 22.6 Å². The maximum Gasteiger partial charge on any atom is 0.134 e. The molecule has 1 N–H and O–H groups in total. The van der Waals surface area contributed by atoms with Crippen LogP contribution < -0.4 is 5.32 Å². The van der Waals surface area contributed by atoms with Crippen molar-refractivity contribution in [3.05, 3.63) is 70.2 Å². The van der Waals surface area contributed by atoms with Gasteiger partial charge in [-0.05, 0) is 61.5 Å². The molecule has 2 nitrogen and oxygen atoms in total. The Balaban J connectivity index is 2.11. The molecular weight excluding hydrogens is 289 g/mol. The second-order valence-corrected chi connectivity index (χ2v) is 5.49. The Labute approximate surface area is 127 Å². The fraction of sp³-hybridized carbons (Fsp3) is 0.176. The number of hydrogen-bond acceptors (Lipinski definition) is 2. The topological polar surface area (TPSA) is 25.2 Å². The molecule has 1 unspecified atom stereocenters. The average molecular weight is 304 g/mol. The fourth-order valence-electron chi connectivity index (χ4n) is 2.55. The molecule has 0 aliphatic heterocycles. The van der Waals surface area contributed by atoms with E-state index in [-0.39, 0.29) is 11.9 Å². The van der Waals surface area contributed by atoms with Crippen molar-refractivity contribution in [2.24, 2.45) is 0 Å². The summed E-state index contributed by atoms with van der Waals surface area (Å²) >= 11 is 6.00. The summed E-state index contributed by atoms with van der Waals surface area (Å²) in [5.41, 5.74) is 2.64. The number of hydrogen-bond donors (Lipinski definition) is 1. The van der Waals surface area contributed by atoms with E-state index in [2.05, 4.69) is 5.32 Å². The van der Waals surface area contributed by atoms with Crippen molar-refractivity contribution < 1.29 is 8.81 Å². The van der Waals surface area contributed by atoms with Gasteiger partial charge in [-0.3, -0.25) is 0 Å². The summed E-state index contributed by atoms with van der Waals surface area (Å²) in [4.78, 5) is 0. The number of fused-ring (bicyclic) bond motifs is 1. The van der Waals surface area contributed by atoms with Crippen molar-refractivity contribution in [2.75, 3.05) is 7.05 Å². The van der Waals surface area contributed by atoms with E-state index < -0.39 is 0 Å². The Morgan fingerprint density at radius 2 is 1.95 bits per heavy atom. The highest BCUT2D eigenvalue weighted by atomic mass is 35.5. The number of rotatable bonds is 3. The molecule has 2 aromatic carbocycles. The van der Waals surface area contributed by atoms with Crippen LogP contribution in [-0.4, -0.2) is 7.05 Å². The molecule has 0 radical (unpaired) electrons. The molecule has 1 atom stereocenters. The predicted molar refractivity (Wildman–Crippen MR) is 83.3 cm³/mol. The lowest BCUT2D eigenvalue weighted by molar-refractivity contribution is 0.488. The molecule has 0 bridgehead atoms. The molecule has 4 heteroatoms. The van der Waals surface area contributed by atoms with E-state index in [1.165, 1.54) is 12.1 Å². The lowest BCUT2D eigenvalue weighted by Gasteiger charge is -2.16. The van der Waals surface area contributed by atoms with Crippen LogP contribution in [0.1, 0.15) is 22.9 Å². The van der Waals surface area contributed by atoms with Gasteiger partial charge in [-0.25, -0.2) is 4.39 Å². The van der Waals surface area contributed by atoms with Crippen LogP contribution in [0.3, 0.4) is 0 Å². The van der Waals surface area contributed by atoms with Gasteiger partial charge in [0, 0.05) is 10.4 Å². The molecule has 108 valence electrons. The Morgan fingerprint density at radius 3 is 2.71 bits per heavy atom. The van der Waals surface area contributed by atoms with Crippen LogP contribution in [0.25, 0.3) is 11.0 Å². The first kappa shape index (κ1) is 14.1. The number of halogens is 2. The smallest absolute Gasteiger partial charge is 0.134 e. The average Bonchev–Trinajstić information content (AvgIpc) is 2.86. The summed E-state index contributed by atoms with van der Waals surface area (Å²) < 4.78 is 19.4. The third-order valence-electron chi connectivity index (χ3n) is 3.62. The van der Waals surface area contributed by atoms with E-state index in [9.17, 15) is 4.39 Å². The minimum absolute atomic E-state index is 0.202. The standard InChI is InChI=1S/C17H15ClFNO/c1-10-3-5-13(19)9-14(10)17(20-2)16-8-11-7-12(18)4-6-15(11)21-16/h3-9,17,20H,1-2H3. The molecule has 0 spiro atoms. The van der Waals surface area contributed by atoms with Crippen LogP contribution in [0.15, 0.2) is 46.9 Å². The van der Waals surface area contributed by atoms with Crippen LogP contribution >= 0.6 is 11.6 Å². The van der Waals surface area contributed by atoms with Crippen molar-refractivity contribution in [3.63, 3.8) is 0 Å². The SMILES string of the molecule is CNC(c1cc2cc(Cl)ccc2o1)c1cc(F)ccc1C. The Kier molecular flexibility index (Phi) is 3.70. The van der Waals surface area contributed by atoms with E-state index in [0.29, 0.717) is 5.02 Å². The molecule has 0 saturated heterocycles. The molecule has 0 aliphatic carbocycles. The van der Waals surface area contributed by atoms with Crippen molar-refractivity contribution in [1.29, 1.82) is 0 Å². The van der Waals surface area contributed by atoms with Crippen LogP contribution in [-0.2, 0) is 0 Å². The van der Waals surface area contributed by atoms with E-state index in [1.54, 1.807) is 12.1 Å². The highest BCUT2D eigenvalue weighted by molar-refractivity contribution is 6.31. The van der Waals surface area contributed by atoms with Crippen LogP contribution in [0.4, 0.5) is 4.39 Å². The van der Waals surface area contributed by atoms with Gasteiger partial charge in [-0.15, -0.1) is 0 Å². The number of benzene rings is 2. The third-order valence-corrected chi connectivity index (χ3v) is 3.86. The third kappa shape index (κ3) is 2.67. The number of furan rings is 1. The predicted octanol–water partition coefficient (Wildman–Crippen LogP) is 4.84. The number of nitrogens with one attached hydrogen (secondary N) is 1. The van der Waals surface area contributed by atoms with Crippen LogP contribution in [0.2, 0.25) is 5.02 Å². The van der Waals surface area contributed by atoms with Crippen molar-refractivity contribution in [1.82, 2.24) is 5.32 Å². The minimum atomic E-state index is -0.255. The summed E-state index contributed by atoms with van der Waals surface area (Å²) in [5.74, 6) is 0.485. The van der Waals surface area contributed by atoms with Gasteiger partial charge in [0.2, 0.25) is 0 Å². The summed E-state index contributed by atoms with van der Waals surface area (Å²) in [5, 5.41) is 4.79. The number of aryl methyl sites for hydroxylation is 1. The van der Waals surface area contributed by atoms with Gasteiger partial charge >= 0.3 is 0 Å². The van der Waals surface area contributed by atoms with E-state index in [4.69, 9.17) is 16.0 Å². The van der Waals surface area contributed by atoms with E-state index in [1.807, 2.05) is 32.2 Å². The lowest BCUT2D eigenvalue weighted by Crippen LogP contribution is -2.18. The van der Waals surface area contributed by atoms with Crippen LogP contribution in [0, 0.1) is 12.7 Å². The highest BCUT2D eigenvalue weighted by Crippen LogP contribution is 2.31. The molecule has 3 rings (SSSR count). The van der Waals surface area contributed by atoms with Gasteiger partial charge in [-0.2, -0.15) is 0 Å². The lowest BCUT2D eigenvalue weighted by atomic mass is 9.99. The summed E-state index contributed by atoms with van der Waals surface area (Å²) in [7, 11) is 1.83. The van der Waals surface area contributed by atoms with E-state index in [0.717, 1.165) is 27.9 Å². The monoisotopic (exact) mass is 303 g/mol. The van der Waals surface area contributed by atoms with Gasteiger partial charge in [0.05, 0.1) is 6.04 Å². The summed E-state index contributed by atoms with van der Waals surface area (Å²) in [6, 6.07) is 12.0. The van der Waals surface area contributed by atoms with Crippen LogP contribution in [0.5, 0.6) is 0 Å². The van der Waals surface area contributed by atoms with Gasteiger partial charge in [0.25, 0.3) is 0 Å². The Morgan fingerprint density at radius 1 is 1.14 bits per heavy atom. The second kappa shape index (κ2) is 5.51. The van der Waals surface area contributed by atoms with E-state index >= 15 is 0 Å². The van der Waals surface area contributed by atoms with Gasteiger partial charge in [0.15, 0.2) is 0 Å². The minimum Gasteiger partial charge on any atom is -0.459 e. The second-order valence-electron chi connectivity index (χ2n) is 5.05. The first-order chi connectivity index (χ1) is 10.1. The fourth-order valence-corrected chi connectivity index (χ4v) is 2.73. The molecule has 0 fully saturated rings. The molecule has 3 aromatic rings. The molecule has 1 aromatic heterocycles. The molecule has 0 aliphatic rings. The quantitative estimate of drug-likeness (QED) is 0.749. The molecule has 1 heterocycles. The first-order valence-corrected chi connectivity index (χ1v) is 7.08. The zero-order chi connectivity index (χ0) is 15.0. The Hall–Kier alpha value is -1.84. The van der Waals surface area contributed by atoms with Gasteiger partial charge < -0.3 is 9.73 Å². The maximum atomic E-state index is 13.5. The molecule has 0 amide bonds. The normalized spacial score (nSPS) is 12.8. The van der Waals surface area contributed by atoms with Crippen molar-refractivity contribution in [3.8, 4) is 0 Å². The van der Waals surface area contributed by atoms with Crippen molar-refractivity contribution in [2.45, 2.75) is 13.0 Å². The Bertz CT molecular complexity index is 797. The highest BCUT2D eigenvalue weighted by Gasteiger charge is 2.19. The molecular formula is C17H15ClFNO. The molecule has 21 heavy (non-hydrogen) atoms. The maximum absolute atomic E-state index is 13.5. The van der Waals surface area contributed by atoms with Gasteiger partial charge in [-0.1, -0.05) is 17.7 Å². The zero-order valence-electron chi connectivity index (χ0n) is 11.8. The molecule has 0 saturated carbocycles. The summed E-state index contributed by atoms with van der Waals surface area (Å²) in [6.45, 7) is 1.96. The first-order valence-electron chi connectivity index (χ1n) is 6.71. The zero-order valence-corrected chi connectivity index (χ0v) is 12.5. The largest absolute Gasteiger partial charge is 0.459 e. The summed E-state index contributed by atoms with van der Waals surface area (Å²) in [6.07, 6.45) is 0.